The van der Waals surface area contributed by atoms with Crippen LogP contribution in [0.4, 0.5) is 4.39 Å². The molecule has 0 amide bonds. The molecule has 0 saturated heterocycles. The zero-order chi connectivity index (χ0) is 17.3. The standard InChI is InChI=1S/C17H15FN2O3S/c1-11(18)17-15(12-7-9-14(10-8-12)24(19,21)22)16(20-23-17)13-5-3-2-4-6-13/h2-11H,1H3,(H2,19,21,22). The first kappa shape index (κ1) is 16.4. The van der Waals surface area contributed by atoms with Crippen LogP contribution in [0, 0.1) is 0 Å². The van der Waals surface area contributed by atoms with Gasteiger partial charge in [0.15, 0.2) is 11.9 Å². The second-order valence-electron chi connectivity index (χ2n) is 5.32. The van der Waals surface area contributed by atoms with E-state index in [9.17, 15) is 12.8 Å². The van der Waals surface area contributed by atoms with Gasteiger partial charge in [0.2, 0.25) is 10.0 Å². The van der Waals surface area contributed by atoms with Gasteiger partial charge in [0, 0.05) is 5.56 Å². The SMILES string of the molecule is CC(F)c1onc(-c2ccccc2)c1-c1ccc(S(N)(=O)=O)cc1. The third-order valence-corrected chi connectivity index (χ3v) is 4.53. The van der Waals surface area contributed by atoms with Gasteiger partial charge in [0.25, 0.3) is 0 Å². The van der Waals surface area contributed by atoms with E-state index in [1.165, 1.54) is 19.1 Å². The minimum absolute atomic E-state index is 0.0150. The number of halogens is 1. The molecule has 2 aromatic carbocycles. The fourth-order valence-corrected chi connectivity index (χ4v) is 2.97. The highest BCUT2D eigenvalue weighted by Crippen LogP contribution is 2.38. The van der Waals surface area contributed by atoms with Gasteiger partial charge in [0.1, 0.15) is 5.69 Å². The topological polar surface area (TPSA) is 86.2 Å². The second-order valence-corrected chi connectivity index (χ2v) is 6.88. The molecule has 24 heavy (non-hydrogen) atoms. The molecule has 1 aromatic heterocycles. The van der Waals surface area contributed by atoms with E-state index in [1.54, 1.807) is 12.1 Å². The van der Waals surface area contributed by atoms with E-state index in [4.69, 9.17) is 9.66 Å². The first-order valence-electron chi connectivity index (χ1n) is 7.20. The number of sulfonamides is 1. The Labute approximate surface area is 139 Å². The summed E-state index contributed by atoms with van der Waals surface area (Å²) in [7, 11) is -3.79. The lowest BCUT2D eigenvalue weighted by molar-refractivity contribution is 0.275. The van der Waals surface area contributed by atoms with Gasteiger partial charge in [-0.2, -0.15) is 0 Å². The summed E-state index contributed by atoms with van der Waals surface area (Å²) in [5.74, 6) is 0.0946. The zero-order valence-corrected chi connectivity index (χ0v) is 13.6. The van der Waals surface area contributed by atoms with Crippen LogP contribution in [-0.2, 0) is 10.0 Å². The lowest BCUT2D eigenvalue weighted by Crippen LogP contribution is -2.11. The molecule has 0 bridgehead atoms. The van der Waals surface area contributed by atoms with Gasteiger partial charge < -0.3 is 4.52 Å². The third kappa shape index (κ3) is 3.08. The third-order valence-electron chi connectivity index (χ3n) is 3.60. The van der Waals surface area contributed by atoms with Crippen LogP contribution in [0.25, 0.3) is 22.4 Å². The van der Waals surface area contributed by atoms with Crippen LogP contribution in [0.5, 0.6) is 0 Å². The highest BCUT2D eigenvalue weighted by atomic mass is 32.2. The summed E-state index contributed by atoms with van der Waals surface area (Å²) < 4.78 is 41.9. The lowest BCUT2D eigenvalue weighted by Gasteiger charge is -2.06. The van der Waals surface area contributed by atoms with Gasteiger partial charge in [-0.05, 0) is 24.6 Å². The van der Waals surface area contributed by atoms with Crippen molar-refractivity contribution in [2.75, 3.05) is 0 Å². The predicted molar refractivity (Wildman–Crippen MR) is 88.3 cm³/mol. The Kier molecular flexibility index (Phi) is 4.21. The smallest absolute Gasteiger partial charge is 0.238 e. The second kappa shape index (κ2) is 6.18. The molecule has 124 valence electrons. The van der Waals surface area contributed by atoms with Gasteiger partial charge in [-0.1, -0.05) is 47.6 Å². The average Bonchev–Trinajstić information content (AvgIpc) is 3.00. The zero-order valence-electron chi connectivity index (χ0n) is 12.8. The maximum atomic E-state index is 13.9. The molecule has 0 fully saturated rings. The van der Waals surface area contributed by atoms with Crippen LogP contribution in [0.15, 0.2) is 64.0 Å². The van der Waals surface area contributed by atoms with Crippen LogP contribution in [0.2, 0.25) is 0 Å². The Hall–Kier alpha value is -2.51. The van der Waals surface area contributed by atoms with Crippen LogP contribution in [-0.4, -0.2) is 13.6 Å². The molecule has 7 heteroatoms. The predicted octanol–water partition coefficient (Wildman–Crippen LogP) is 3.69. The summed E-state index contributed by atoms with van der Waals surface area (Å²) in [5.41, 5.74) is 2.37. The van der Waals surface area contributed by atoms with Gasteiger partial charge in [-0.3, -0.25) is 0 Å². The molecule has 0 aliphatic carbocycles. The molecule has 1 heterocycles. The number of benzene rings is 2. The number of alkyl halides is 1. The van der Waals surface area contributed by atoms with Crippen LogP contribution < -0.4 is 5.14 Å². The maximum absolute atomic E-state index is 13.9. The van der Waals surface area contributed by atoms with E-state index >= 15 is 0 Å². The van der Waals surface area contributed by atoms with Crippen molar-refractivity contribution in [1.29, 1.82) is 0 Å². The summed E-state index contributed by atoms with van der Waals surface area (Å²) in [5, 5.41) is 9.10. The first-order chi connectivity index (χ1) is 11.4. The highest BCUT2D eigenvalue weighted by molar-refractivity contribution is 7.89. The lowest BCUT2D eigenvalue weighted by atomic mass is 9.98. The van der Waals surface area contributed by atoms with Crippen molar-refractivity contribution in [2.45, 2.75) is 18.0 Å². The van der Waals surface area contributed by atoms with Gasteiger partial charge in [-0.25, -0.2) is 17.9 Å². The minimum atomic E-state index is -3.79. The molecule has 0 radical (unpaired) electrons. The van der Waals surface area contributed by atoms with Crippen LogP contribution in [0.3, 0.4) is 0 Å². The first-order valence-corrected chi connectivity index (χ1v) is 8.75. The van der Waals surface area contributed by atoms with Gasteiger partial charge in [-0.15, -0.1) is 0 Å². The number of aromatic nitrogens is 1. The van der Waals surface area contributed by atoms with Gasteiger partial charge >= 0.3 is 0 Å². The van der Waals surface area contributed by atoms with Crippen molar-refractivity contribution in [3.8, 4) is 22.4 Å². The number of rotatable bonds is 4. The monoisotopic (exact) mass is 346 g/mol. The summed E-state index contributed by atoms with van der Waals surface area (Å²) in [4.78, 5) is -0.0150. The molecular formula is C17H15FN2O3S. The van der Waals surface area contributed by atoms with E-state index < -0.39 is 16.2 Å². The average molecular weight is 346 g/mol. The Balaban J connectivity index is 2.17. The minimum Gasteiger partial charge on any atom is -0.357 e. The molecular weight excluding hydrogens is 331 g/mol. The molecule has 1 atom stereocenters. The number of hydrogen-bond donors (Lipinski definition) is 1. The fourth-order valence-electron chi connectivity index (χ4n) is 2.46. The van der Waals surface area contributed by atoms with E-state index in [0.717, 1.165) is 5.56 Å². The summed E-state index contributed by atoms with van der Waals surface area (Å²) in [6, 6.07) is 15.1. The molecule has 0 spiro atoms. The molecule has 0 aliphatic rings. The fraction of sp³-hybridized carbons (Fsp3) is 0.118. The van der Waals surface area contributed by atoms with E-state index in [0.29, 0.717) is 16.8 Å². The quantitative estimate of drug-likeness (QED) is 0.780. The normalized spacial score (nSPS) is 13.0. The number of hydrogen-bond acceptors (Lipinski definition) is 4. The van der Waals surface area contributed by atoms with E-state index in [2.05, 4.69) is 5.16 Å². The molecule has 3 rings (SSSR count). The summed E-state index contributed by atoms with van der Waals surface area (Å²) in [6.45, 7) is 1.36. The Bertz CT molecular complexity index is 949. The molecule has 5 nitrogen and oxygen atoms in total. The number of primary sulfonamides is 1. The number of nitrogens with zero attached hydrogens (tertiary/aromatic N) is 1. The molecule has 2 N–H and O–H groups in total. The van der Waals surface area contributed by atoms with Crippen LogP contribution in [0.1, 0.15) is 18.9 Å². The highest BCUT2D eigenvalue weighted by Gasteiger charge is 2.23. The Morgan fingerprint density at radius 1 is 1.04 bits per heavy atom. The van der Waals surface area contributed by atoms with Gasteiger partial charge in [0.05, 0.1) is 10.5 Å². The van der Waals surface area contributed by atoms with Crippen molar-refractivity contribution in [3.05, 3.63) is 60.4 Å². The summed E-state index contributed by atoms with van der Waals surface area (Å²) in [6.07, 6.45) is -1.36. The van der Waals surface area contributed by atoms with Crippen molar-refractivity contribution < 1.29 is 17.3 Å². The Morgan fingerprint density at radius 2 is 1.67 bits per heavy atom. The molecule has 3 aromatic rings. The molecule has 0 aliphatic heterocycles. The number of nitrogens with two attached hydrogens (primary N) is 1. The van der Waals surface area contributed by atoms with Crippen molar-refractivity contribution in [2.24, 2.45) is 5.14 Å². The van der Waals surface area contributed by atoms with Crippen molar-refractivity contribution >= 4 is 10.0 Å². The van der Waals surface area contributed by atoms with Crippen molar-refractivity contribution in [3.63, 3.8) is 0 Å². The summed E-state index contributed by atoms with van der Waals surface area (Å²) >= 11 is 0. The van der Waals surface area contributed by atoms with E-state index in [1.807, 2.05) is 30.3 Å². The molecule has 1 unspecified atom stereocenters. The Morgan fingerprint density at radius 3 is 2.21 bits per heavy atom. The molecule has 0 saturated carbocycles. The van der Waals surface area contributed by atoms with E-state index in [-0.39, 0.29) is 10.7 Å². The van der Waals surface area contributed by atoms with Crippen molar-refractivity contribution in [1.82, 2.24) is 5.16 Å². The maximum Gasteiger partial charge on any atom is 0.238 e. The largest absolute Gasteiger partial charge is 0.357 e. The van der Waals surface area contributed by atoms with Crippen LogP contribution >= 0.6 is 0 Å².